The number of carbonyl (C=O) groups excluding carboxylic acids is 2. The van der Waals surface area contributed by atoms with Gasteiger partial charge in [0, 0.05) is 6.54 Å². The Morgan fingerprint density at radius 2 is 1.62 bits per heavy atom. The molecule has 1 amide bonds. The summed E-state index contributed by atoms with van der Waals surface area (Å²) in [6, 6.07) is 1.92. The molecule has 2 rings (SSSR count). The first-order valence-corrected chi connectivity index (χ1v) is 5.65. The van der Waals surface area contributed by atoms with Crippen LogP contribution in [0.5, 0.6) is 0 Å². The number of amides is 1. The molecule has 0 unspecified atom stereocenters. The zero-order valence-corrected chi connectivity index (χ0v) is 10.2. The van der Waals surface area contributed by atoms with Crippen LogP contribution in [0.25, 0.3) is 0 Å². The van der Waals surface area contributed by atoms with Crippen LogP contribution in [0.1, 0.15) is 22.3 Å². The number of rotatable bonds is 2. The molecular formula is C12H7F6NO2. The van der Waals surface area contributed by atoms with Crippen LogP contribution in [0.3, 0.4) is 0 Å². The zero-order valence-electron chi connectivity index (χ0n) is 10.2. The molecule has 1 heterocycles. The molecular weight excluding hydrogens is 304 g/mol. The van der Waals surface area contributed by atoms with Gasteiger partial charge in [-0.1, -0.05) is 0 Å². The zero-order chi connectivity index (χ0) is 16.0. The lowest BCUT2D eigenvalue weighted by atomic mass is 10.1. The van der Waals surface area contributed by atoms with E-state index in [1.165, 1.54) is 0 Å². The van der Waals surface area contributed by atoms with E-state index in [0.717, 1.165) is 6.07 Å². The number of alkyl halides is 6. The molecule has 0 aliphatic carbocycles. The summed E-state index contributed by atoms with van der Waals surface area (Å²) in [5.74, 6) is -2.49. The van der Waals surface area contributed by atoms with Gasteiger partial charge in [-0.05, 0) is 18.2 Å². The topological polar surface area (TPSA) is 37.4 Å². The molecule has 0 aromatic heterocycles. The van der Waals surface area contributed by atoms with Gasteiger partial charge in [0.2, 0.25) is 0 Å². The molecule has 0 saturated heterocycles. The molecule has 1 aromatic carbocycles. The highest BCUT2D eigenvalue weighted by atomic mass is 19.4. The lowest BCUT2D eigenvalue weighted by molar-refractivity contribution is -0.137. The molecule has 0 radical (unpaired) electrons. The van der Waals surface area contributed by atoms with Crippen molar-refractivity contribution in [1.82, 2.24) is 0 Å². The maximum absolute atomic E-state index is 12.5. The molecule has 0 bridgehead atoms. The molecule has 114 valence electrons. The van der Waals surface area contributed by atoms with Gasteiger partial charge in [-0.3, -0.25) is 9.59 Å². The van der Waals surface area contributed by atoms with Crippen molar-refractivity contribution in [2.75, 3.05) is 11.4 Å². The van der Waals surface area contributed by atoms with Crippen LogP contribution in [0.15, 0.2) is 18.2 Å². The number of hydrogen-bond acceptors (Lipinski definition) is 2. The van der Waals surface area contributed by atoms with E-state index >= 15 is 0 Å². The van der Waals surface area contributed by atoms with Gasteiger partial charge in [0.15, 0.2) is 0 Å². The molecule has 21 heavy (non-hydrogen) atoms. The van der Waals surface area contributed by atoms with Gasteiger partial charge in [-0.15, -0.1) is 0 Å². The van der Waals surface area contributed by atoms with E-state index in [9.17, 15) is 35.9 Å². The van der Waals surface area contributed by atoms with Crippen molar-refractivity contribution in [2.24, 2.45) is 0 Å². The highest BCUT2D eigenvalue weighted by molar-refractivity contribution is 6.52. The summed E-state index contributed by atoms with van der Waals surface area (Å²) in [6.07, 6.45) is -10.6. The van der Waals surface area contributed by atoms with E-state index in [4.69, 9.17) is 0 Å². The van der Waals surface area contributed by atoms with Crippen LogP contribution in [0.2, 0.25) is 0 Å². The van der Waals surface area contributed by atoms with E-state index in [0.29, 0.717) is 17.0 Å². The molecule has 1 aliphatic heterocycles. The summed E-state index contributed by atoms with van der Waals surface area (Å²) in [5.41, 5.74) is -1.90. The number of anilines is 1. The van der Waals surface area contributed by atoms with E-state index in [1.807, 2.05) is 0 Å². The average Bonchev–Trinajstić information content (AvgIpc) is 2.58. The minimum absolute atomic E-state index is 0.234. The van der Waals surface area contributed by atoms with E-state index < -0.39 is 48.1 Å². The second-order valence-electron chi connectivity index (χ2n) is 4.38. The van der Waals surface area contributed by atoms with Crippen molar-refractivity contribution in [1.29, 1.82) is 0 Å². The Kier molecular flexibility index (Phi) is 3.46. The predicted molar refractivity (Wildman–Crippen MR) is 58.8 cm³/mol. The van der Waals surface area contributed by atoms with Gasteiger partial charge in [-0.2, -0.15) is 26.3 Å². The Bertz CT molecular complexity index is 605. The predicted octanol–water partition coefficient (Wildman–Crippen LogP) is 3.19. The first kappa shape index (κ1) is 15.3. The Labute approximate surface area is 114 Å². The minimum Gasteiger partial charge on any atom is -0.304 e. The summed E-state index contributed by atoms with van der Waals surface area (Å²) in [5, 5.41) is 0. The van der Waals surface area contributed by atoms with Crippen LogP contribution in [0, 0.1) is 0 Å². The Balaban J connectivity index is 2.35. The van der Waals surface area contributed by atoms with Crippen molar-refractivity contribution in [3.05, 3.63) is 29.3 Å². The van der Waals surface area contributed by atoms with Gasteiger partial charge in [0.05, 0.1) is 23.2 Å². The first-order chi connectivity index (χ1) is 9.50. The number of nitrogens with zero attached hydrogens (tertiary/aromatic N) is 1. The van der Waals surface area contributed by atoms with E-state index in [2.05, 4.69) is 0 Å². The van der Waals surface area contributed by atoms with Crippen molar-refractivity contribution in [3.63, 3.8) is 0 Å². The third-order valence-corrected chi connectivity index (χ3v) is 2.92. The van der Waals surface area contributed by atoms with Gasteiger partial charge >= 0.3 is 12.4 Å². The number of fused-ring (bicyclic) bond motifs is 1. The second kappa shape index (κ2) is 4.74. The fourth-order valence-corrected chi connectivity index (χ4v) is 1.94. The fraction of sp³-hybridized carbons (Fsp3) is 0.333. The Hall–Kier alpha value is -2.06. The van der Waals surface area contributed by atoms with Crippen molar-refractivity contribution >= 4 is 17.4 Å². The van der Waals surface area contributed by atoms with Gasteiger partial charge in [-0.25, -0.2) is 0 Å². The largest absolute Gasteiger partial charge is 0.416 e. The van der Waals surface area contributed by atoms with Gasteiger partial charge in [0.25, 0.3) is 11.7 Å². The summed E-state index contributed by atoms with van der Waals surface area (Å²) in [4.78, 5) is 23.7. The minimum atomic E-state index is -4.71. The molecule has 1 aromatic rings. The molecule has 0 saturated carbocycles. The number of hydrogen-bond donors (Lipinski definition) is 0. The quantitative estimate of drug-likeness (QED) is 0.621. The van der Waals surface area contributed by atoms with Gasteiger partial charge in [0.1, 0.15) is 0 Å². The fourth-order valence-electron chi connectivity index (χ4n) is 1.94. The Morgan fingerprint density at radius 1 is 1.00 bits per heavy atom. The van der Waals surface area contributed by atoms with Crippen LogP contribution in [-0.4, -0.2) is 24.4 Å². The number of carbonyl (C=O) groups is 2. The molecule has 3 nitrogen and oxygen atoms in total. The number of benzene rings is 1. The van der Waals surface area contributed by atoms with Crippen molar-refractivity contribution in [3.8, 4) is 0 Å². The molecule has 0 spiro atoms. The molecule has 9 heteroatoms. The van der Waals surface area contributed by atoms with Gasteiger partial charge < -0.3 is 4.90 Å². The maximum Gasteiger partial charge on any atom is 0.416 e. The first-order valence-electron chi connectivity index (χ1n) is 5.65. The lowest BCUT2D eigenvalue weighted by Crippen LogP contribution is -2.33. The second-order valence-corrected chi connectivity index (χ2v) is 4.38. The highest BCUT2D eigenvalue weighted by Gasteiger charge is 2.40. The standard InChI is InChI=1S/C12H7F6NO2/c13-11(14,15)3-4-19-8-2-1-6(12(16,17)18)5-7(8)9(20)10(19)21/h1-2,5H,3-4H2. The summed E-state index contributed by atoms with van der Waals surface area (Å²) >= 11 is 0. The van der Waals surface area contributed by atoms with Crippen LogP contribution < -0.4 is 4.90 Å². The average molecular weight is 311 g/mol. The smallest absolute Gasteiger partial charge is 0.304 e. The maximum atomic E-state index is 12.5. The monoisotopic (exact) mass is 311 g/mol. The SMILES string of the molecule is O=C1C(=O)N(CCC(F)(F)F)c2ccc(C(F)(F)F)cc21. The summed E-state index contributed by atoms with van der Waals surface area (Å²) < 4.78 is 74.0. The van der Waals surface area contributed by atoms with Crippen molar-refractivity contribution in [2.45, 2.75) is 18.8 Å². The molecule has 0 fully saturated rings. The molecule has 1 aliphatic rings. The van der Waals surface area contributed by atoms with Crippen LogP contribution in [-0.2, 0) is 11.0 Å². The van der Waals surface area contributed by atoms with Crippen LogP contribution >= 0.6 is 0 Å². The van der Waals surface area contributed by atoms with E-state index in [1.54, 1.807) is 0 Å². The number of ketones is 1. The molecule has 0 atom stereocenters. The Morgan fingerprint density at radius 3 is 2.14 bits per heavy atom. The summed E-state index contributed by atoms with van der Waals surface area (Å²) in [7, 11) is 0. The number of Topliss-reactive ketones (excluding diaryl/α,β-unsaturated/α-hetero) is 1. The number of halogens is 6. The third-order valence-electron chi connectivity index (χ3n) is 2.92. The molecule has 0 N–H and O–H groups in total. The van der Waals surface area contributed by atoms with Crippen molar-refractivity contribution < 1.29 is 35.9 Å². The summed E-state index contributed by atoms with van der Waals surface area (Å²) in [6.45, 7) is -0.813. The normalized spacial score (nSPS) is 15.6. The van der Waals surface area contributed by atoms with Crippen LogP contribution in [0.4, 0.5) is 32.0 Å². The third kappa shape index (κ3) is 3.01. The van der Waals surface area contributed by atoms with E-state index in [-0.39, 0.29) is 5.69 Å². The highest BCUT2D eigenvalue weighted by Crippen LogP contribution is 2.36. The lowest BCUT2D eigenvalue weighted by Gasteiger charge is -2.17.